The van der Waals surface area contributed by atoms with E-state index in [1.165, 1.54) is 12.3 Å². The number of benzene rings is 2. The lowest BCUT2D eigenvalue weighted by Crippen LogP contribution is -2.20. The first kappa shape index (κ1) is 19.8. The second-order valence-corrected chi connectivity index (χ2v) is 6.53. The molecule has 0 aliphatic heterocycles. The molecule has 10 heteroatoms. The zero-order chi connectivity index (χ0) is 21.4. The van der Waals surface area contributed by atoms with Gasteiger partial charge in [-0.1, -0.05) is 11.6 Å². The van der Waals surface area contributed by atoms with E-state index in [9.17, 15) is 18.4 Å². The van der Waals surface area contributed by atoms with Crippen LogP contribution in [0.25, 0.3) is 27.6 Å². The van der Waals surface area contributed by atoms with Crippen LogP contribution in [0.3, 0.4) is 0 Å². The van der Waals surface area contributed by atoms with Crippen LogP contribution in [0.5, 0.6) is 5.75 Å². The molecule has 0 saturated carbocycles. The van der Waals surface area contributed by atoms with Crippen molar-refractivity contribution in [3.63, 3.8) is 0 Å². The van der Waals surface area contributed by atoms with Crippen molar-refractivity contribution < 1.29 is 27.5 Å². The van der Waals surface area contributed by atoms with Gasteiger partial charge in [0.25, 0.3) is 0 Å². The van der Waals surface area contributed by atoms with E-state index in [0.717, 1.165) is 10.7 Å². The maximum Gasteiger partial charge on any atom is 0.387 e. The number of carbonyl (C=O) groups is 1. The van der Waals surface area contributed by atoms with Crippen LogP contribution in [0.1, 0.15) is 17.3 Å². The summed E-state index contributed by atoms with van der Waals surface area (Å²) >= 11 is 5.87. The standard InChI is InChI=1S/C20H13ClF2N2O5/c1-2-28-19(27)12-7-8-14(29-20(22)23)17-15(12)13-9-24-25(18(26)16(13)30-17)11-5-3-10(21)4-6-11/h3-9,20H,2H2,1H3. The van der Waals surface area contributed by atoms with Crippen molar-refractivity contribution in [3.05, 3.63) is 63.5 Å². The third kappa shape index (κ3) is 3.37. The van der Waals surface area contributed by atoms with E-state index in [1.807, 2.05) is 0 Å². The topological polar surface area (TPSA) is 83.6 Å². The van der Waals surface area contributed by atoms with Gasteiger partial charge in [0.2, 0.25) is 5.58 Å². The van der Waals surface area contributed by atoms with Crippen LogP contribution in [0.15, 0.2) is 51.8 Å². The number of furan rings is 1. The van der Waals surface area contributed by atoms with Crippen LogP contribution >= 0.6 is 11.6 Å². The highest BCUT2D eigenvalue weighted by atomic mass is 35.5. The molecule has 0 N–H and O–H groups in total. The largest absolute Gasteiger partial charge is 0.462 e. The molecular formula is C20H13ClF2N2O5. The number of aromatic nitrogens is 2. The average molecular weight is 435 g/mol. The van der Waals surface area contributed by atoms with E-state index in [4.69, 9.17) is 20.8 Å². The number of alkyl halides is 2. The molecule has 2 aromatic heterocycles. The van der Waals surface area contributed by atoms with Crippen molar-refractivity contribution in [2.75, 3.05) is 6.61 Å². The van der Waals surface area contributed by atoms with Crippen LogP contribution in [0.2, 0.25) is 5.02 Å². The lowest BCUT2D eigenvalue weighted by atomic mass is 10.1. The number of halogens is 3. The summed E-state index contributed by atoms with van der Waals surface area (Å²) in [4.78, 5) is 25.4. The van der Waals surface area contributed by atoms with Gasteiger partial charge in [-0.3, -0.25) is 4.79 Å². The second kappa shape index (κ2) is 7.75. The minimum Gasteiger partial charge on any atom is -0.462 e. The number of esters is 1. The molecule has 154 valence electrons. The Morgan fingerprint density at radius 3 is 2.60 bits per heavy atom. The Kier molecular flexibility index (Phi) is 5.13. The molecule has 7 nitrogen and oxygen atoms in total. The van der Waals surface area contributed by atoms with Crippen molar-refractivity contribution in [1.29, 1.82) is 0 Å². The Bertz CT molecular complexity index is 1320. The van der Waals surface area contributed by atoms with Gasteiger partial charge in [-0.15, -0.1) is 0 Å². The SMILES string of the molecule is CCOC(=O)c1ccc(OC(F)F)c2oc3c(=O)n(-c4ccc(Cl)cc4)ncc3c12. The van der Waals surface area contributed by atoms with Gasteiger partial charge in [-0.2, -0.15) is 18.6 Å². The fourth-order valence-corrected chi connectivity index (χ4v) is 3.21. The summed E-state index contributed by atoms with van der Waals surface area (Å²) in [6.07, 6.45) is 1.31. The molecule has 4 rings (SSSR count). The van der Waals surface area contributed by atoms with Gasteiger partial charge in [0, 0.05) is 10.4 Å². The molecule has 30 heavy (non-hydrogen) atoms. The van der Waals surface area contributed by atoms with E-state index in [-0.39, 0.29) is 39.9 Å². The Morgan fingerprint density at radius 1 is 1.20 bits per heavy atom. The molecule has 0 spiro atoms. The first-order valence-corrected chi connectivity index (χ1v) is 9.14. The van der Waals surface area contributed by atoms with Gasteiger partial charge in [0.1, 0.15) is 0 Å². The van der Waals surface area contributed by atoms with Gasteiger partial charge < -0.3 is 13.9 Å². The number of nitrogens with zero attached hydrogens (tertiary/aromatic N) is 2. The zero-order valence-electron chi connectivity index (χ0n) is 15.4. The average Bonchev–Trinajstić information content (AvgIpc) is 3.10. The summed E-state index contributed by atoms with van der Waals surface area (Å²) in [6.45, 7) is -1.39. The molecule has 0 saturated heterocycles. The van der Waals surface area contributed by atoms with Gasteiger partial charge in [0.05, 0.1) is 29.4 Å². The van der Waals surface area contributed by atoms with Crippen molar-refractivity contribution in [2.45, 2.75) is 13.5 Å². The van der Waals surface area contributed by atoms with Crippen LogP contribution in [-0.4, -0.2) is 29.0 Å². The highest BCUT2D eigenvalue weighted by Gasteiger charge is 2.24. The summed E-state index contributed by atoms with van der Waals surface area (Å²) in [5.41, 5.74) is -0.544. The molecule has 0 radical (unpaired) electrons. The lowest BCUT2D eigenvalue weighted by Gasteiger charge is -2.08. The molecule has 4 aromatic rings. The molecule has 2 aromatic carbocycles. The first-order chi connectivity index (χ1) is 14.4. The van der Waals surface area contributed by atoms with Gasteiger partial charge in [-0.25, -0.2) is 4.79 Å². The van der Waals surface area contributed by atoms with E-state index in [0.29, 0.717) is 10.7 Å². The molecule has 0 unspecified atom stereocenters. The molecule has 0 atom stereocenters. The molecule has 0 aliphatic rings. The number of hydrogen-bond donors (Lipinski definition) is 0. The Hall–Kier alpha value is -3.46. The Labute approximate surface area is 172 Å². The monoisotopic (exact) mass is 434 g/mol. The molecule has 0 aliphatic carbocycles. The van der Waals surface area contributed by atoms with Crippen LogP contribution in [-0.2, 0) is 4.74 Å². The lowest BCUT2D eigenvalue weighted by molar-refractivity contribution is -0.0493. The Morgan fingerprint density at radius 2 is 1.93 bits per heavy atom. The van der Waals surface area contributed by atoms with Crippen molar-refractivity contribution in [1.82, 2.24) is 9.78 Å². The minimum atomic E-state index is -3.13. The van der Waals surface area contributed by atoms with Gasteiger partial charge >= 0.3 is 18.1 Å². The highest BCUT2D eigenvalue weighted by molar-refractivity contribution is 6.30. The summed E-state index contributed by atoms with van der Waals surface area (Å²) < 4.78 is 41.9. The van der Waals surface area contributed by atoms with E-state index in [1.54, 1.807) is 31.2 Å². The van der Waals surface area contributed by atoms with Crippen molar-refractivity contribution in [2.24, 2.45) is 0 Å². The second-order valence-electron chi connectivity index (χ2n) is 6.10. The predicted molar refractivity (Wildman–Crippen MR) is 105 cm³/mol. The molecule has 0 amide bonds. The Balaban J connectivity index is 2.02. The maximum atomic E-state index is 13.0. The predicted octanol–water partition coefficient (Wildman–Crippen LogP) is 4.56. The summed E-state index contributed by atoms with van der Waals surface area (Å²) in [7, 11) is 0. The van der Waals surface area contributed by atoms with Gasteiger partial charge in [0.15, 0.2) is 11.3 Å². The number of carbonyl (C=O) groups excluding carboxylic acids is 1. The molecule has 2 heterocycles. The number of fused-ring (bicyclic) bond motifs is 3. The van der Waals surface area contributed by atoms with Gasteiger partial charge in [-0.05, 0) is 43.3 Å². The van der Waals surface area contributed by atoms with Crippen molar-refractivity contribution in [3.8, 4) is 11.4 Å². The minimum absolute atomic E-state index is 0.0395. The van der Waals surface area contributed by atoms with Crippen molar-refractivity contribution >= 4 is 39.5 Å². The molecule has 0 fully saturated rings. The van der Waals surface area contributed by atoms with E-state index in [2.05, 4.69) is 9.84 Å². The normalized spacial score (nSPS) is 11.4. The quantitative estimate of drug-likeness (QED) is 0.428. The van der Waals surface area contributed by atoms with Crippen LogP contribution in [0, 0.1) is 0 Å². The number of hydrogen-bond acceptors (Lipinski definition) is 6. The molecular weight excluding hydrogens is 422 g/mol. The third-order valence-electron chi connectivity index (χ3n) is 4.31. The third-order valence-corrected chi connectivity index (χ3v) is 4.56. The number of ether oxygens (including phenoxy) is 2. The van der Waals surface area contributed by atoms with E-state index >= 15 is 0 Å². The fourth-order valence-electron chi connectivity index (χ4n) is 3.08. The van der Waals surface area contributed by atoms with Crippen LogP contribution in [0.4, 0.5) is 8.78 Å². The fraction of sp³-hybridized carbons (Fsp3) is 0.150. The van der Waals surface area contributed by atoms with Crippen LogP contribution < -0.4 is 10.3 Å². The maximum absolute atomic E-state index is 13.0. The molecule has 0 bridgehead atoms. The highest BCUT2D eigenvalue weighted by Crippen LogP contribution is 2.37. The zero-order valence-corrected chi connectivity index (χ0v) is 16.2. The van der Waals surface area contributed by atoms with E-state index < -0.39 is 18.1 Å². The summed E-state index contributed by atoms with van der Waals surface area (Å²) in [5, 5.41) is 4.88. The number of rotatable bonds is 5. The smallest absolute Gasteiger partial charge is 0.387 e. The summed E-state index contributed by atoms with van der Waals surface area (Å²) in [6, 6.07) is 8.77. The first-order valence-electron chi connectivity index (χ1n) is 8.76. The summed E-state index contributed by atoms with van der Waals surface area (Å²) in [5.74, 6) is -1.02.